The highest BCUT2D eigenvalue weighted by atomic mass is 16.5. The van der Waals surface area contributed by atoms with Crippen LogP contribution < -0.4 is 4.74 Å². The summed E-state index contributed by atoms with van der Waals surface area (Å²) in [7, 11) is 1.31. The van der Waals surface area contributed by atoms with Gasteiger partial charge in [-0.1, -0.05) is 6.07 Å². The maximum atomic E-state index is 11.1. The van der Waals surface area contributed by atoms with E-state index < -0.39 is 12.1 Å². The normalized spacial score (nSPS) is 19.4. The van der Waals surface area contributed by atoms with Crippen LogP contribution in [0.1, 0.15) is 30.6 Å². The number of hydrogen-bond acceptors (Lipinski definition) is 4. The van der Waals surface area contributed by atoms with Gasteiger partial charge in [0.25, 0.3) is 0 Å². The molecule has 0 aliphatic carbocycles. The first-order valence-electron chi connectivity index (χ1n) is 5.64. The fraction of sp³-hybridized carbons (Fsp3) is 0.462. The van der Waals surface area contributed by atoms with Crippen LogP contribution in [0.3, 0.4) is 0 Å². The first-order valence-corrected chi connectivity index (χ1v) is 5.64. The Bertz CT molecular complexity index is 427. The summed E-state index contributed by atoms with van der Waals surface area (Å²) < 4.78 is 10.1. The number of carbonyl (C=O) groups excluding carboxylic acids is 1. The van der Waals surface area contributed by atoms with Gasteiger partial charge in [0.1, 0.15) is 11.9 Å². The highest BCUT2D eigenvalue weighted by molar-refractivity contribution is 5.70. The van der Waals surface area contributed by atoms with Crippen LogP contribution in [0.25, 0.3) is 0 Å². The first-order chi connectivity index (χ1) is 8.10. The Balaban J connectivity index is 2.12. The summed E-state index contributed by atoms with van der Waals surface area (Å²) in [5.74, 6) is 0.453. The average Bonchev–Trinajstić information content (AvgIpc) is 2.67. The third-order valence-electron chi connectivity index (χ3n) is 2.89. The third kappa shape index (κ3) is 2.58. The molecule has 1 aromatic carbocycles. The summed E-state index contributed by atoms with van der Waals surface area (Å²) in [4.78, 5) is 11.1. The second kappa shape index (κ2) is 4.75. The van der Waals surface area contributed by atoms with Gasteiger partial charge in [-0.05, 0) is 30.2 Å². The molecule has 1 aromatic rings. The molecule has 0 saturated heterocycles. The zero-order chi connectivity index (χ0) is 12.4. The Hall–Kier alpha value is -1.55. The molecule has 1 N–H and O–H groups in total. The Labute approximate surface area is 100 Å². The molecule has 1 unspecified atom stereocenters. The van der Waals surface area contributed by atoms with Gasteiger partial charge in [0, 0.05) is 6.42 Å². The van der Waals surface area contributed by atoms with E-state index in [1.54, 1.807) is 6.07 Å². The highest BCUT2D eigenvalue weighted by Crippen LogP contribution is 2.31. The second-order valence-electron chi connectivity index (χ2n) is 4.30. The Morgan fingerprint density at radius 3 is 3.12 bits per heavy atom. The number of carbonyl (C=O) groups is 1. The molecule has 1 aliphatic rings. The highest BCUT2D eigenvalue weighted by Gasteiger charge is 2.21. The molecule has 2 atom stereocenters. The number of aliphatic hydroxyl groups excluding tert-OH is 1. The quantitative estimate of drug-likeness (QED) is 0.810. The van der Waals surface area contributed by atoms with E-state index in [0.29, 0.717) is 0 Å². The van der Waals surface area contributed by atoms with E-state index in [2.05, 4.69) is 4.74 Å². The lowest BCUT2D eigenvalue weighted by molar-refractivity contribution is -0.142. The number of aliphatic hydroxyl groups is 1. The van der Waals surface area contributed by atoms with E-state index >= 15 is 0 Å². The number of fused-ring (bicyclic) bond motifs is 1. The average molecular weight is 236 g/mol. The molecule has 17 heavy (non-hydrogen) atoms. The molecule has 1 aliphatic heterocycles. The predicted octanol–water partition coefficient (Wildman–Crippen LogP) is 1.61. The summed E-state index contributed by atoms with van der Waals surface area (Å²) in [5, 5.41) is 9.88. The maximum Gasteiger partial charge on any atom is 0.308 e. The van der Waals surface area contributed by atoms with Gasteiger partial charge in [0.2, 0.25) is 0 Å². The lowest BCUT2D eigenvalue weighted by atomic mass is 10.0. The number of benzene rings is 1. The molecular weight excluding hydrogens is 220 g/mol. The van der Waals surface area contributed by atoms with Crippen LogP contribution in [0.4, 0.5) is 0 Å². The van der Waals surface area contributed by atoms with E-state index in [1.807, 2.05) is 19.1 Å². The van der Waals surface area contributed by atoms with E-state index in [1.165, 1.54) is 7.11 Å². The van der Waals surface area contributed by atoms with Gasteiger partial charge < -0.3 is 14.6 Å². The lowest BCUT2D eigenvalue weighted by Crippen LogP contribution is -2.08. The van der Waals surface area contributed by atoms with E-state index in [4.69, 9.17) is 4.74 Å². The van der Waals surface area contributed by atoms with Crippen molar-refractivity contribution in [3.63, 3.8) is 0 Å². The van der Waals surface area contributed by atoms with Crippen molar-refractivity contribution in [2.45, 2.75) is 32.0 Å². The van der Waals surface area contributed by atoms with Gasteiger partial charge >= 0.3 is 5.97 Å². The van der Waals surface area contributed by atoms with Crippen LogP contribution in [0.5, 0.6) is 5.75 Å². The molecule has 92 valence electrons. The summed E-state index contributed by atoms with van der Waals surface area (Å²) in [5.41, 5.74) is 1.81. The largest absolute Gasteiger partial charge is 0.490 e. The van der Waals surface area contributed by atoms with Crippen molar-refractivity contribution in [1.29, 1.82) is 0 Å². The smallest absolute Gasteiger partial charge is 0.308 e. The fourth-order valence-electron chi connectivity index (χ4n) is 2.01. The van der Waals surface area contributed by atoms with Gasteiger partial charge in [-0.25, -0.2) is 0 Å². The molecule has 0 bridgehead atoms. The third-order valence-corrected chi connectivity index (χ3v) is 2.89. The van der Waals surface area contributed by atoms with Crippen molar-refractivity contribution >= 4 is 5.97 Å². The summed E-state index contributed by atoms with van der Waals surface area (Å²) in [6.45, 7) is 2.00. The monoisotopic (exact) mass is 236 g/mol. The SMILES string of the molecule is COC(=O)C[C@@H](O)c1ccc2c(c1)CC(C)O2. The minimum Gasteiger partial charge on any atom is -0.490 e. The summed E-state index contributed by atoms with van der Waals surface area (Å²) in [6, 6.07) is 5.52. The van der Waals surface area contributed by atoms with Crippen molar-refractivity contribution in [2.75, 3.05) is 7.11 Å². The summed E-state index contributed by atoms with van der Waals surface area (Å²) >= 11 is 0. The van der Waals surface area contributed by atoms with Crippen LogP contribution >= 0.6 is 0 Å². The van der Waals surface area contributed by atoms with E-state index in [-0.39, 0.29) is 12.5 Å². The zero-order valence-corrected chi connectivity index (χ0v) is 9.97. The van der Waals surface area contributed by atoms with Gasteiger partial charge in [-0.15, -0.1) is 0 Å². The van der Waals surface area contributed by atoms with Crippen molar-refractivity contribution in [3.8, 4) is 5.75 Å². The first kappa shape index (κ1) is 11.9. The minimum atomic E-state index is -0.816. The van der Waals surface area contributed by atoms with Gasteiger partial charge in [-0.2, -0.15) is 0 Å². The molecule has 0 aromatic heterocycles. The fourth-order valence-corrected chi connectivity index (χ4v) is 2.01. The van der Waals surface area contributed by atoms with Crippen LogP contribution in [0, 0.1) is 0 Å². The van der Waals surface area contributed by atoms with Crippen LogP contribution in [0.2, 0.25) is 0 Å². The van der Waals surface area contributed by atoms with Gasteiger partial charge in [0.05, 0.1) is 19.6 Å². The Morgan fingerprint density at radius 2 is 2.41 bits per heavy atom. The molecule has 0 saturated carbocycles. The molecule has 4 heteroatoms. The zero-order valence-electron chi connectivity index (χ0n) is 9.97. The molecule has 4 nitrogen and oxygen atoms in total. The molecule has 1 heterocycles. The Morgan fingerprint density at radius 1 is 1.65 bits per heavy atom. The molecule has 0 fully saturated rings. The number of ether oxygens (including phenoxy) is 2. The van der Waals surface area contributed by atoms with Crippen LogP contribution in [-0.4, -0.2) is 24.3 Å². The van der Waals surface area contributed by atoms with Crippen molar-refractivity contribution in [3.05, 3.63) is 29.3 Å². The minimum absolute atomic E-state index is 0.0221. The maximum absolute atomic E-state index is 11.1. The topological polar surface area (TPSA) is 55.8 Å². The second-order valence-corrected chi connectivity index (χ2v) is 4.30. The standard InChI is InChI=1S/C13H16O4/c1-8-5-10-6-9(3-4-12(10)17-8)11(14)7-13(15)16-2/h3-4,6,8,11,14H,5,7H2,1-2H3/t8?,11-/m1/s1. The predicted molar refractivity (Wildman–Crippen MR) is 61.8 cm³/mol. The van der Waals surface area contributed by atoms with Gasteiger partial charge in [-0.3, -0.25) is 4.79 Å². The van der Waals surface area contributed by atoms with E-state index in [9.17, 15) is 9.90 Å². The number of hydrogen-bond donors (Lipinski definition) is 1. The number of esters is 1. The molecule has 2 rings (SSSR count). The van der Waals surface area contributed by atoms with Crippen molar-refractivity contribution < 1.29 is 19.4 Å². The number of methoxy groups -OCH3 is 1. The van der Waals surface area contributed by atoms with Crippen molar-refractivity contribution in [2.24, 2.45) is 0 Å². The van der Waals surface area contributed by atoms with Crippen molar-refractivity contribution in [1.82, 2.24) is 0 Å². The Kier molecular flexibility index (Phi) is 3.33. The van der Waals surface area contributed by atoms with Gasteiger partial charge in [0.15, 0.2) is 0 Å². The summed E-state index contributed by atoms with van der Waals surface area (Å²) in [6.07, 6.45) is 0.182. The van der Waals surface area contributed by atoms with Crippen LogP contribution in [-0.2, 0) is 16.0 Å². The van der Waals surface area contributed by atoms with Crippen LogP contribution in [0.15, 0.2) is 18.2 Å². The molecule has 0 spiro atoms. The lowest BCUT2D eigenvalue weighted by Gasteiger charge is -2.10. The molecular formula is C13H16O4. The van der Waals surface area contributed by atoms with E-state index in [0.717, 1.165) is 23.3 Å². The number of rotatable bonds is 3. The molecule has 0 amide bonds. The molecule has 0 radical (unpaired) electrons.